The van der Waals surface area contributed by atoms with Gasteiger partial charge in [0.1, 0.15) is 5.92 Å². The first-order valence-electron chi connectivity index (χ1n) is 9.86. The zero-order valence-corrected chi connectivity index (χ0v) is 15.3. The lowest BCUT2D eigenvalue weighted by atomic mass is 9.91. The fourth-order valence-electron chi connectivity index (χ4n) is 4.48. The Bertz CT molecular complexity index is 659. The normalized spacial score (nSPS) is 26.0. The van der Waals surface area contributed by atoms with Gasteiger partial charge in [0.25, 0.3) is 0 Å². The van der Waals surface area contributed by atoms with Gasteiger partial charge in [-0.25, -0.2) is 4.79 Å². The third-order valence-electron chi connectivity index (χ3n) is 6.05. The van der Waals surface area contributed by atoms with Crippen molar-refractivity contribution in [3.63, 3.8) is 0 Å². The number of carbonyl (C=O) groups excluding carboxylic acids is 1. The Labute approximate surface area is 154 Å². The highest BCUT2D eigenvalue weighted by Gasteiger charge is 2.31. The van der Waals surface area contributed by atoms with Crippen molar-refractivity contribution in [1.29, 1.82) is 0 Å². The van der Waals surface area contributed by atoms with Crippen molar-refractivity contribution < 1.29 is 14.9 Å². The van der Waals surface area contributed by atoms with Crippen molar-refractivity contribution in [1.82, 2.24) is 10.2 Å². The van der Waals surface area contributed by atoms with E-state index in [1.807, 2.05) is 0 Å². The molecule has 6 nitrogen and oxygen atoms in total. The Hall–Kier alpha value is -1.92. The number of aliphatic hydroxyl groups is 1. The molecule has 3 aliphatic heterocycles. The van der Waals surface area contributed by atoms with E-state index in [-0.39, 0.29) is 17.7 Å². The number of rotatable bonds is 3. The molecule has 1 amide bonds. The molecule has 4 rings (SSSR count). The molecule has 26 heavy (non-hydrogen) atoms. The van der Waals surface area contributed by atoms with E-state index < -0.39 is 0 Å². The van der Waals surface area contributed by atoms with Crippen LogP contribution in [0.4, 0.5) is 5.69 Å². The molecule has 1 atom stereocenters. The zero-order chi connectivity index (χ0) is 17.9. The summed E-state index contributed by atoms with van der Waals surface area (Å²) in [7, 11) is 0. The number of benzene rings is 1. The molecular weight excluding hydrogens is 328 g/mol. The van der Waals surface area contributed by atoms with Gasteiger partial charge in [0, 0.05) is 51.0 Å². The van der Waals surface area contributed by atoms with Gasteiger partial charge in [-0.15, -0.1) is 4.99 Å². The van der Waals surface area contributed by atoms with Crippen molar-refractivity contribution in [2.24, 2.45) is 0 Å². The van der Waals surface area contributed by atoms with Crippen molar-refractivity contribution in [3.8, 4) is 0 Å². The number of anilines is 1. The minimum Gasteiger partial charge on any atom is -0.463 e. The number of amides is 1. The predicted octanol–water partition coefficient (Wildman–Crippen LogP) is 0.00170. The number of piperazine rings is 1. The second-order valence-corrected chi connectivity index (χ2v) is 7.62. The highest BCUT2D eigenvalue weighted by atomic mass is 16.3. The largest absolute Gasteiger partial charge is 0.463 e. The average Bonchev–Trinajstić information content (AvgIpc) is 2.69. The molecule has 0 spiro atoms. The predicted molar refractivity (Wildman–Crippen MR) is 102 cm³/mol. The zero-order valence-electron chi connectivity index (χ0n) is 15.3. The van der Waals surface area contributed by atoms with E-state index in [4.69, 9.17) is 0 Å². The third kappa shape index (κ3) is 3.76. The molecule has 2 saturated heterocycles. The van der Waals surface area contributed by atoms with Gasteiger partial charge in [0.15, 0.2) is 0 Å². The molecule has 140 valence electrons. The summed E-state index contributed by atoms with van der Waals surface area (Å²) in [4.78, 5) is 19.0. The summed E-state index contributed by atoms with van der Waals surface area (Å²) in [5, 5.41) is 13.5. The van der Waals surface area contributed by atoms with E-state index in [1.54, 1.807) is 0 Å². The van der Waals surface area contributed by atoms with Crippen LogP contribution in [0.1, 0.15) is 37.2 Å². The molecule has 0 saturated carbocycles. The number of nitrogens with zero attached hydrogens (tertiary/aromatic N) is 2. The summed E-state index contributed by atoms with van der Waals surface area (Å²) < 4.78 is 0. The van der Waals surface area contributed by atoms with Crippen LogP contribution in [0.5, 0.6) is 0 Å². The maximum absolute atomic E-state index is 11.3. The Kier molecular flexibility index (Phi) is 5.22. The van der Waals surface area contributed by atoms with Gasteiger partial charge < -0.3 is 15.3 Å². The molecule has 3 N–H and O–H groups in total. The van der Waals surface area contributed by atoms with E-state index in [2.05, 4.69) is 44.4 Å². The van der Waals surface area contributed by atoms with Crippen LogP contribution in [0.3, 0.4) is 0 Å². The second-order valence-electron chi connectivity index (χ2n) is 7.62. The lowest BCUT2D eigenvalue weighted by molar-refractivity contribution is -0.393. The minimum absolute atomic E-state index is 0.0832. The lowest BCUT2D eigenvalue weighted by Gasteiger charge is -2.41. The van der Waals surface area contributed by atoms with Crippen LogP contribution in [0, 0.1) is 0 Å². The summed E-state index contributed by atoms with van der Waals surface area (Å²) in [6, 6.07) is 9.23. The van der Waals surface area contributed by atoms with Crippen LogP contribution < -0.4 is 15.2 Å². The van der Waals surface area contributed by atoms with Crippen LogP contribution in [0.15, 0.2) is 24.3 Å². The van der Waals surface area contributed by atoms with Crippen LogP contribution in [0.25, 0.3) is 0 Å². The van der Waals surface area contributed by atoms with E-state index in [1.165, 1.54) is 31.6 Å². The minimum atomic E-state index is -0.0947. The molecule has 3 heterocycles. The standard InChI is InChI=1S/C20H28N4O2/c25-19-6-5-18(20(26)22-19)15-1-3-16(4-2-15)23-11-7-17(8-12-23)24-13-9-21-10-14-24/h1-4,17-18,21H,5-14H2,(H,22,25,26)/p+1. The highest BCUT2D eigenvalue weighted by Crippen LogP contribution is 2.27. The molecule has 2 fully saturated rings. The fourth-order valence-corrected chi connectivity index (χ4v) is 4.48. The molecule has 6 heteroatoms. The second kappa shape index (κ2) is 7.76. The summed E-state index contributed by atoms with van der Waals surface area (Å²) in [6.07, 6.45) is 3.60. The molecule has 1 unspecified atom stereocenters. The Morgan fingerprint density at radius 3 is 2.35 bits per heavy atom. The topological polar surface area (TPSA) is 69.8 Å². The van der Waals surface area contributed by atoms with Crippen LogP contribution in [-0.4, -0.2) is 67.1 Å². The molecule has 3 aliphatic rings. The van der Waals surface area contributed by atoms with Gasteiger partial charge in [-0.1, -0.05) is 12.1 Å². The number of hydrogen-bond donors (Lipinski definition) is 3. The van der Waals surface area contributed by atoms with Gasteiger partial charge in [-0.2, -0.15) is 0 Å². The Morgan fingerprint density at radius 2 is 1.69 bits per heavy atom. The van der Waals surface area contributed by atoms with E-state index in [0.717, 1.165) is 37.8 Å². The average molecular weight is 357 g/mol. The number of carbonyl (C=O) groups is 1. The van der Waals surface area contributed by atoms with E-state index >= 15 is 0 Å². The van der Waals surface area contributed by atoms with Gasteiger partial charge >= 0.3 is 11.8 Å². The first-order chi connectivity index (χ1) is 12.7. The first kappa shape index (κ1) is 17.5. The first-order valence-corrected chi connectivity index (χ1v) is 9.86. The number of aliphatic hydroxyl groups excluding tert-OH is 1. The Morgan fingerprint density at radius 1 is 1.00 bits per heavy atom. The quantitative estimate of drug-likeness (QED) is 0.711. The molecule has 0 aromatic heterocycles. The summed E-state index contributed by atoms with van der Waals surface area (Å²) in [5.41, 5.74) is 2.33. The Balaban J connectivity index is 1.36. The van der Waals surface area contributed by atoms with Crippen molar-refractivity contribution in [3.05, 3.63) is 29.8 Å². The van der Waals surface area contributed by atoms with Crippen LogP contribution in [-0.2, 0) is 4.79 Å². The van der Waals surface area contributed by atoms with Gasteiger partial charge in [-0.3, -0.25) is 4.90 Å². The molecule has 1 aromatic carbocycles. The van der Waals surface area contributed by atoms with Gasteiger partial charge in [-0.05, 0) is 37.0 Å². The maximum Gasteiger partial charge on any atom is 0.388 e. The molecular formula is C20H29N4O2+. The molecule has 1 aromatic rings. The van der Waals surface area contributed by atoms with Crippen LogP contribution >= 0.6 is 0 Å². The number of hydrogen-bond acceptors (Lipinski definition) is 4. The van der Waals surface area contributed by atoms with Crippen molar-refractivity contribution in [2.45, 2.75) is 37.6 Å². The number of piperidine rings is 1. The van der Waals surface area contributed by atoms with Crippen molar-refractivity contribution in [2.75, 3.05) is 44.2 Å². The molecule has 0 bridgehead atoms. The SMILES string of the molecule is O=C1CCC(c2ccc(N3CCC(N4CCNCC4)CC3)cc2)C(O)=[NH+]1. The summed E-state index contributed by atoms with van der Waals surface area (Å²) in [6.45, 7) is 6.80. The van der Waals surface area contributed by atoms with Crippen molar-refractivity contribution >= 4 is 17.5 Å². The third-order valence-corrected chi connectivity index (χ3v) is 6.05. The van der Waals surface area contributed by atoms with Crippen LogP contribution in [0.2, 0.25) is 0 Å². The molecule has 0 aliphatic carbocycles. The van der Waals surface area contributed by atoms with Gasteiger partial charge in [0.05, 0.1) is 6.42 Å². The summed E-state index contributed by atoms with van der Waals surface area (Å²) >= 11 is 0. The van der Waals surface area contributed by atoms with E-state index in [9.17, 15) is 9.90 Å². The summed E-state index contributed by atoms with van der Waals surface area (Å²) in [5.74, 6) is -0.0891. The van der Waals surface area contributed by atoms with Gasteiger partial charge in [0.2, 0.25) is 0 Å². The fraction of sp³-hybridized carbons (Fsp3) is 0.600. The molecule has 0 radical (unpaired) electrons. The monoisotopic (exact) mass is 357 g/mol. The smallest absolute Gasteiger partial charge is 0.388 e. The number of nitrogens with one attached hydrogen (secondary N) is 2. The van der Waals surface area contributed by atoms with E-state index in [0.29, 0.717) is 12.8 Å². The highest BCUT2D eigenvalue weighted by molar-refractivity contribution is 5.84. The maximum atomic E-state index is 11.3. The lowest BCUT2D eigenvalue weighted by Crippen LogP contribution is -2.80.